The summed E-state index contributed by atoms with van der Waals surface area (Å²) in [4.78, 5) is 0. The maximum absolute atomic E-state index is 6.15. The second kappa shape index (κ2) is 5.81. The molecule has 0 amide bonds. The smallest absolute Gasteiger partial charge is 0.137 e. The first-order valence-electron chi connectivity index (χ1n) is 8.19. The van der Waals surface area contributed by atoms with Crippen molar-refractivity contribution in [2.75, 3.05) is 26.3 Å². The second-order valence-electron chi connectivity index (χ2n) is 6.27. The van der Waals surface area contributed by atoms with Crippen molar-refractivity contribution < 1.29 is 9.47 Å². The molecule has 114 valence electrons. The van der Waals surface area contributed by atoms with Crippen LogP contribution in [0.2, 0.25) is 0 Å². The molecule has 3 aliphatic heterocycles. The summed E-state index contributed by atoms with van der Waals surface area (Å²) in [5.74, 6) is 2.92. The molecule has 0 radical (unpaired) electrons. The van der Waals surface area contributed by atoms with Gasteiger partial charge in [0.25, 0.3) is 0 Å². The molecule has 1 N–H and O–H groups in total. The average molecular weight is 352 g/mol. The van der Waals surface area contributed by atoms with Gasteiger partial charge in [0.15, 0.2) is 0 Å². The van der Waals surface area contributed by atoms with Crippen molar-refractivity contribution in [3.8, 4) is 11.5 Å². The molecule has 1 saturated heterocycles. The zero-order valence-corrected chi connectivity index (χ0v) is 13.9. The predicted octanol–water partition coefficient (Wildman–Crippen LogP) is 3.57. The molecule has 0 aliphatic carbocycles. The fraction of sp³-hybridized carbons (Fsp3) is 0.647. The Bertz CT molecular complexity index is 515. The minimum absolute atomic E-state index is 0.627. The van der Waals surface area contributed by atoms with Crippen molar-refractivity contribution in [1.82, 2.24) is 5.32 Å². The number of halogens is 1. The van der Waals surface area contributed by atoms with Crippen LogP contribution in [0, 0.1) is 0 Å². The van der Waals surface area contributed by atoms with E-state index in [1.807, 2.05) is 0 Å². The molecule has 21 heavy (non-hydrogen) atoms. The number of rotatable bonds is 1. The number of hydrogen-bond donors (Lipinski definition) is 1. The first-order valence-corrected chi connectivity index (χ1v) is 8.99. The topological polar surface area (TPSA) is 30.5 Å². The minimum Gasteiger partial charge on any atom is -0.493 e. The summed E-state index contributed by atoms with van der Waals surface area (Å²) in [5, 5.41) is 3.47. The highest BCUT2D eigenvalue weighted by atomic mass is 79.9. The monoisotopic (exact) mass is 351 g/mol. The van der Waals surface area contributed by atoms with Crippen molar-refractivity contribution in [2.45, 2.75) is 44.4 Å². The summed E-state index contributed by atoms with van der Waals surface area (Å²) >= 11 is 3.79. The van der Waals surface area contributed by atoms with Gasteiger partial charge in [-0.05, 0) is 73.5 Å². The Kier molecular flexibility index (Phi) is 3.84. The van der Waals surface area contributed by atoms with E-state index in [1.165, 1.54) is 35.3 Å². The Morgan fingerprint density at radius 3 is 2.33 bits per heavy atom. The van der Waals surface area contributed by atoms with Crippen LogP contribution in [0.25, 0.3) is 0 Å². The van der Waals surface area contributed by atoms with E-state index in [0.717, 1.165) is 62.2 Å². The highest BCUT2D eigenvalue weighted by Crippen LogP contribution is 2.50. The largest absolute Gasteiger partial charge is 0.493 e. The van der Waals surface area contributed by atoms with Crippen LogP contribution in [0.3, 0.4) is 0 Å². The van der Waals surface area contributed by atoms with Gasteiger partial charge in [-0.3, -0.25) is 0 Å². The van der Waals surface area contributed by atoms with E-state index in [2.05, 4.69) is 21.2 Å². The highest BCUT2D eigenvalue weighted by Gasteiger charge is 2.32. The molecule has 0 spiro atoms. The van der Waals surface area contributed by atoms with Crippen LogP contribution >= 0.6 is 15.9 Å². The van der Waals surface area contributed by atoms with Gasteiger partial charge in [-0.15, -0.1) is 0 Å². The van der Waals surface area contributed by atoms with Crippen LogP contribution in [0.4, 0.5) is 0 Å². The maximum Gasteiger partial charge on any atom is 0.137 e. The average Bonchev–Trinajstić information content (AvgIpc) is 2.56. The van der Waals surface area contributed by atoms with E-state index in [0.29, 0.717) is 5.92 Å². The number of benzene rings is 1. The molecule has 1 aromatic carbocycles. The normalized spacial score (nSPS) is 22.0. The number of piperidine rings is 1. The summed E-state index contributed by atoms with van der Waals surface area (Å²) in [6.07, 6.45) is 6.88. The first kappa shape index (κ1) is 13.9. The molecule has 4 rings (SSSR count). The summed E-state index contributed by atoms with van der Waals surface area (Å²) in [6, 6.07) is 0. The standard InChI is InChI=1S/C17H22BrNO2/c18-15-13-4-2-9-20-16(13)14(11-5-7-19-8-6-11)12-3-1-10-21-17(12)15/h11,19H,1-10H2. The summed E-state index contributed by atoms with van der Waals surface area (Å²) < 4.78 is 13.3. The van der Waals surface area contributed by atoms with E-state index in [4.69, 9.17) is 9.47 Å². The predicted molar refractivity (Wildman–Crippen MR) is 86.6 cm³/mol. The summed E-state index contributed by atoms with van der Waals surface area (Å²) in [6.45, 7) is 3.93. The molecule has 0 bridgehead atoms. The van der Waals surface area contributed by atoms with Crippen molar-refractivity contribution in [2.24, 2.45) is 0 Å². The molecular weight excluding hydrogens is 330 g/mol. The van der Waals surface area contributed by atoms with Gasteiger partial charge in [-0.25, -0.2) is 0 Å². The van der Waals surface area contributed by atoms with E-state index < -0.39 is 0 Å². The number of hydrogen-bond acceptors (Lipinski definition) is 3. The quantitative estimate of drug-likeness (QED) is 0.838. The lowest BCUT2D eigenvalue weighted by atomic mass is 9.82. The summed E-state index contributed by atoms with van der Waals surface area (Å²) in [7, 11) is 0. The van der Waals surface area contributed by atoms with Gasteiger partial charge in [0.1, 0.15) is 11.5 Å². The fourth-order valence-electron chi connectivity index (χ4n) is 3.97. The fourth-order valence-corrected chi connectivity index (χ4v) is 4.70. The SMILES string of the molecule is Brc1c2c(c(C3CCNCC3)c3c1OCCC3)OCCC2. The van der Waals surface area contributed by atoms with Gasteiger partial charge in [0.2, 0.25) is 0 Å². The van der Waals surface area contributed by atoms with Gasteiger partial charge in [0.05, 0.1) is 17.7 Å². The molecule has 0 atom stereocenters. The number of nitrogens with one attached hydrogen (secondary N) is 1. The molecule has 3 aliphatic rings. The second-order valence-corrected chi connectivity index (χ2v) is 7.06. The van der Waals surface area contributed by atoms with E-state index in [1.54, 1.807) is 0 Å². The Morgan fingerprint density at radius 1 is 0.905 bits per heavy atom. The van der Waals surface area contributed by atoms with Gasteiger partial charge in [-0.1, -0.05) is 0 Å². The van der Waals surface area contributed by atoms with Gasteiger partial charge < -0.3 is 14.8 Å². The molecular formula is C17H22BrNO2. The third-order valence-corrected chi connectivity index (χ3v) is 5.80. The number of fused-ring (bicyclic) bond motifs is 2. The van der Waals surface area contributed by atoms with Crippen molar-refractivity contribution >= 4 is 15.9 Å². The molecule has 4 heteroatoms. The van der Waals surface area contributed by atoms with Crippen LogP contribution < -0.4 is 14.8 Å². The van der Waals surface area contributed by atoms with Crippen LogP contribution in [-0.4, -0.2) is 26.3 Å². The Morgan fingerprint density at radius 2 is 1.57 bits per heavy atom. The third kappa shape index (κ3) is 2.36. The van der Waals surface area contributed by atoms with Crippen molar-refractivity contribution in [1.29, 1.82) is 0 Å². The van der Waals surface area contributed by atoms with E-state index in [9.17, 15) is 0 Å². The summed E-state index contributed by atoms with van der Waals surface area (Å²) in [5.41, 5.74) is 4.24. The van der Waals surface area contributed by atoms with Crippen LogP contribution in [0.15, 0.2) is 4.47 Å². The van der Waals surface area contributed by atoms with Crippen molar-refractivity contribution in [3.63, 3.8) is 0 Å². The van der Waals surface area contributed by atoms with Crippen LogP contribution in [0.5, 0.6) is 11.5 Å². The first-order chi connectivity index (χ1) is 10.4. The van der Waals surface area contributed by atoms with Crippen LogP contribution in [-0.2, 0) is 12.8 Å². The molecule has 0 saturated carbocycles. The van der Waals surface area contributed by atoms with E-state index >= 15 is 0 Å². The van der Waals surface area contributed by atoms with Gasteiger partial charge >= 0.3 is 0 Å². The van der Waals surface area contributed by atoms with Gasteiger partial charge in [0, 0.05) is 16.7 Å². The lowest BCUT2D eigenvalue weighted by molar-refractivity contribution is 0.263. The molecule has 1 aromatic rings. The zero-order valence-electron chi connectivity index (χ0n) is 12.3. The van der Waals surface area contributed by atoms with Gasteiger partial charge in [-0.2, -0.15) is 0 Å². The molecule has 1 fully saturated rings. The molecule has 0 unspecified atom stereocenters. The Hall–Kier alpha value is -0.740. The minimum atomic E-state index is 0.627. The van der Waals surface area contributed by atoms with Crippen molar-refractivity contribution in [3.05, 3.63) is 21.2 Å². The van der Waals surface area contributed by atoms with Crippen LogP contribution in [0.1, 0.15) is 48.3 Å². The third-order valence-electron chi connectivity index (χ3n) is 4.96. The van der Waals surface area contributed by atoms with E-state index in [-0.39, 0.29) is 0 Å². The molecule has 0 aromatic heterocycles. The Balaban J connectivity index is 1.89. The molecule has 3 heterocycles. The number of ether oxygens (including phenoxy) is 2. The molecule has 3 nitrogen and oxygen atoms in total. The zero-order chi connectivity index (χ0) is 14.2. The Labute approximate surface area is 134 Å². The lowest BCUT2D eigenvalue weighted by Crippen LogP contribution is -2.28. The maximum atomic E-state index is 6.15. The lowest BCUT2D eigenvalue weighted by Gasteiger charge is -2.33. The highest BCUT2D eigenvalue weighted by molar-refractivity contribution is 9.10.